The summed E-state index contributed by atoms with van der Waals surface area (Å²) in [6.07, 6.45) is 3.18. The zero-order chi connectivity index (χ0) is 12.5. The van der Waals surface area contributed by atoms with Crippen LogP contribution < -0.4 is 5.56 Å². The molecular formula is C13H8N4O. The first kappa shape index (κ1) is 10.3. The number of H-pyrrole nitrogens is 1. The molecule has 0 saturated heterocycles. The van der Waals surface area contributed by atoms with Crippen molar-refractivity contribution >= 4 is 11.0 Å². The van der Waals surface area contributed by atoms with Crippen molar-refractivity contribution in [2.45, 2.75) is 0 Å². The average molecular weight is 236 g/mol. The SMILES string of the molecule is N#Cc1ccc(-n2ccc3[nH]cnc3c2=O)cc1. The van der Waals surface area contributed by atoms with E-state index in [0.717, 1.165) is 0 Å². The minimum Gasteiger partial charge on any atom is -0.344 e. The van der Waals surface area contributed by atoms with E-state index in [2.05, 4.69) is 9.97 Å². The van der Waals surface area contributed by atoms with Gasteiger partial charge in [0.15, 0.2) is 5.52 Å². The zero-order valence-corrected chi connectivity index (χ0v) is 9.29. The van der Waals surface area contributed by atoms with Gasteiger partial charge in [-0.15, -0.1) is 0 Å². The van der Waals surface area contributed by atoms with E-state index in [1.54, 1.807) is 36.5 Å². The second-order valence-corrected chi connectivity index (χ2v) is 3.81. The van der Waals surface area contributed by atoms with Gasteiger partial charge in [0.25, 0.3) is 5.56 Å². The molecule has 0 atom stereocenters. The molecule has 5 nitrogen and oxygen atoms in total. The maximum atomic E-state index is 12.2. The molecule has 18 heavy (non-hydrogen) atoms. The molecule has 0 aliphatic carbocycles. The molecule has 1 aromatic carbocycles. The summed E-state index contributed by atoms with van der Waals surface area (Å²) < 4.78 is 1.50. The number of aromatic nitrogens is 3. The highest BCUT2D eigenvalue weighted by Crippen LogP contribution is 2.09. The summed E-state index contributed by atoms with van der Waals surface area (Å²) in [5.74, 6) is 0. The first-order valence-corrected chi connectivity index (χ1v) is 5.35. The fourth-order valence-electron chi connectivity index (χ4n) is 1.83. The summed E-state index contributed by atoms with van der Waals surface area (Å²) in [5, 5.41) is 8.73. The lowest BCUT2D eigenvalue weighted by atomic mass is 10.2. The summed E-state index contributed by atoms with van der Waals surface area (Å²) in [6, 6.07) is 10.7. The number of fused-ring (bicyclic) bond motifs is 1. The Kier molecular flexibility index (Phi) is 2.21. The van der Waals surface area contributed by atoms with Crippen LogP contribution >= 0.6 is 0 Å². The molecule has 86 valence electrons. The van der Waals surface area contributed by atoms with Crippen LogP contribution in [0.15, 0.2) is 47.7 Å². The van der Waals surface area contributed by atoms with Crippen LogP contribution in [0.3, 0.4) is 0 Å². The fourth-order valence-corrected chi connectivity index (χ4v) is 1.83. The number of nitriles is 1. The van der Waals surface area contributed by atoms with Crippen molar-refractivity contribution in [3.63, 3.8) is 0 Å². The first-order chi connectivity index (χ1) is 8.79. The Bertz CT molecular complexity index is 805. The Morgan fingerprint density at radius 3 is 2.72 bits per heavy atom. The largest absolute Gasteiger partial charge is 0.344 e. The maximum Gasteiger partial charge on any atom is 0.283 e. The van der Waals surface area contributed by atoms with Gasteiger partial charge in [-0.1, -0.05) is 0 Å². The van der Waals surface area contributed by atoms with Crippen LogP contribution in [-0.4, -0.2) is 14.5 Å². The average Bonchev–Trinajstić information content (AvgIpc) is 2.89. The van der Waals surface area contributed by atoms with Crippen molar-refractivity contribution in [2.75, 3.05) is 0 Å². The van der Waals surface area contributed by atoms with Crippen molar-refractivity contribution in [3.05, 3.63) is 58.8 Å². The lowest BCUT2D eigenvalue weighted by Gasteiger charge is -2.04. The second-order valence-electron chi connectivity index (χ2n) is 3.81. The molecule has 0 aliphatic heterocycles. The van der Waals surface area contributed by atoms with E-state index in [1.165, 1.54) is 10.9 Å². The van der Waals surface area contributed by atoms with Gasteiger partial charge in [-0.25, -0.2) is 4.98 Å². The number of hydrogen-bond acceptors (Lipinski definition) is 3. The van der Waals surface area contributed by atoms with Gasteiger partial charge in [0.1, 0.15) is 0 Å². The minimum absolute atomic E-state index is 0.182. The van der Waals surface area contributed by atoms with Gasteiger partial charge in [0.05, 0.1) is 23.5 Å². The zero-order valence-electron chi connectivity index (χ0n) is 9.29. The minimum atomic E-state index is -0.182. The number of nitrogens with one attached hydrogen (secondary N) is 1. The van der Waals surface area contributed by atoms with E-state index < -0.39 is 0 Å². The van der Waals surface area contributed by atoms with Crippen molar-refractivity contribution in [2.24, 2.45) is 0 Å². The topological polar surface area (TPSA) is 74.5 Å². The molecule has 3 aromatic rings. The van der Waals surface area contributed by atoms with Crippen molar-refractivity contribution in [3.8, 4) is 11.8 Å². The summed E-state index contributed by atoms with van der Waals surface area (Å²) in [6.45, 7) is 0. The van der Waals surface area contributed by atoms with Gasteiger partial charge < -0.3 is 4.98 Å². The quantitative estimate of drug-likeness (QED) is 0.697. The summed E-state index contributed by atoms with van der Waals surface area (Å²) in [4.78, 5) is 19.0. The second kappa shape index (κ2) is 3.86. The van der Waals surface area contributed by atoms with Crippen molar-refractivity contribution in [1.82, 2.24) is 14.5 Å². The summed E-state index contributed by atoms with van der Waals surface area (Å²) >= 11 is 0. The highest BCUT2D eigenvalue weighted by molar-refractivity contribution is 5.73. The smallest absolute Gasteiger partial charge is 0.283 e. The van der Waals surface area contributed by atoms with Crippen LogP contribution in [0.4, 0.5) is 0 Å². The number of pyridine rings is 1. The highest BCUT2D eigenvalue weighted by atomic mass is 16.1. The molecule has 1 N–H and O–H groups in total. The van der Waals surface area contributed by atoms with Crippen molar-refractivity contribution in [1.29, 1.82) is 5.26 Å². The standard InChI is InChI=1S/C13H8N4O/c14-7-9-1-3-10(4-2-9)17-6-5-11-12(13(17)18)16-8-15-11/h1-6,8H,(H,15,16). The fraction of sp³-hybridized carbons (Fsp3) is 0. The third kappa shape index (κ3) is 1.48. The molecule has 0 bridgehead atoms. The van der Waals surface area contributed by atoms with Gasteiger partial charge in [0.2, 0.25) is 0 Å². The summed E-state index contributed by atoms with van der Waals surface area (Å²) in [5.41, 5.74) is 2.21. The van der Waals surface area contributed by atoms with Crippen LogP contribution in [0, 0.1) is 11.3 Å². The molecule has 0 amide bonds. The van der Waals surface area contributed by atoms with Gasteiger partial charge in [-0.2, -0.15) is 5.26 Å². The first-order valence-electron chi connectivity index (χ1n) is 5.35. The molecule has 0 fully saturated rings. The Morgan fingerprint density at radius 1 is 1.22 bits per heavy atom. The van der Waals surface area contributed by atoms with Crippen LogP contribution in [0.25, 0.3) is 16.7 Å². The number of rotatable bonds is 1. The normalized spacial score (nSPS) is 10.4. The van der Waals surface area contributed by atoms with E-state index in [1.807, 2.05) is 6.07 Å². The monoisotopic (exact) mass is 236 g/mol. The van der Waals surface area contributed by atoms with Gasteiger partial charge in [-0.3, -0.25) is 9.36 Å². The molecule has 2 aromatic heterocycles. The van der Waals surface area contributed by atoms with Crippen LogP contribution in [0.1, 0.15) is 5.56 Å². The molecule has 0 spiro atoms. The Labute approximate surface area is 102 Å². The molecule has 0 unspecified atom stereocenters. The lowest BCUT2D eigenvalue weighted by molar-refractivity contribution is 1.00. The van der Waals surface area contributed by atoms with E-state index in [4.69, 9.17) is 5.26 Å². The lowest BCUT2D eigenvalue weighted by Crippen LogP contribution is -2.17. The molecular weight excluding hydrogens is 228 g/mol. The van der Waals surface area contributed by atoms with Crippen LogP contribution in [0.5, 0.6) is 0 Å². The Balaban J connectivity index is 2.22. The predicted octanol–water partition coefficient (Wildman–Crippen LogP) is 1.59. The number of benzene rings is 1. The third-order valence-corrected chi connectivity index (χ3v) is 2.76. The number of nitrogens with zero attached hydrogens (tertiary/aromatic N) is 3. The van der Waals surface area contributed by atoms with Gasteiger partial charge in [0, 0.05) is 11.9 Å². The van der Waals surface area contributed by atoms with Gasteiger partial charge in [-0.05, 0) is 30.3 Å². The van der Waals surface area contributed by atoms with E-state index in [0.29, 0.717) is 22.3 Å². The van der Waals surface area contributed by atoms with Gasteiger partial charge >= 0.3 is 0 Å². The predicted molar refractivity (Wildman–Crippen MR) is 66.4 cm³/mol. The van der Waals surface area contributed by atoms with Crippen molar-refractivity contribution < 1.29 is 0 Å². The number of hydrogen-bond donors (Lipinski definition) is 1. The molecule has 3 rings (SSSR count). The van der Waals surface area contributed by atoms with Crippen LogP contribution in [-0.2, 0) is 0 Å². The molecule has 0 aliphatic rings. The van der Waals surface area contributed by atoms with E-state index >= 15 is 0 Å². The highest BCUT2D eigenvalue weighted by Gasteiger charge is 2.06. The number of imidazole rings is 1. The summed E-state index contributed by atoms with van der Waals surface area (Å²) in [7, 11) is 0. The third-order valence-electron chi connectivity index (χ3n) is 2.76. The molecule has 5 heteroatoms. The van der Waals surface area contributed by atoms with E-state index in [9.17, 15) is 4.79 Å². The Hall–Kier alpha value is -2.87. The Morgan fingerprint density at radius 2 is 2.00 bits per heavy atom. The molecule has 0 saturated carbocycles. The molecule has 2 heterocycles. The van der Waals surface area contributed by atoms with E-state index in [-0.39, 0.29) is 5.56 Å². The van der Waals surface area contributed by atoms with Crippen LogP contribution in [0.2, 0.25) is 0 Å². The number of aromatic amines is 1. The molecule has 0 radical (unpaired) electrons. The maximum absolute atomic E-state index is 12.2.